The molecule has 1 unspecified atom stereocenters. The molecule has 1 atom stereocenters. The van der Waals surface area contributed by atoms with Gasteiger partial charge in [0.1, 0.15) is 12.4 Å². The summed E-state index contributed by atoms with van der Waals surface area (Å²) in [6.45, 7) is 3.33. The predicted octanol–water partition coefficient (Wildman–Crippen LogP) is 4.44. The molecule has 2 N–H and O–H groups in total. The number of anilines is 1. The number of aromatic nitrogens is 2. The van der Waals surface area contributed by atoms with Crippen LogP contribution in [-0.4, -0.2) is 40.3 Å². The Bertz CT molecular complexity index is 825. The number of unbranched alkanes of at least 4 members (excludes halogenated alkanes) is 1. The lowest BCUT2D eigenvalue weighted by Gasteiger charge is -2.11. The largest absolute Gasteiger partial charge is 0.491 e. The minimum atomic E-state index is -0.563. The Kier molecular flexibility index (Phi) is 7.11. The van der Waals surface area contributed by atoms with Crippen LogP contribution in [0.3, 0.4) is 0 Å². The maximum absolute atomic E-state index is 10.2. The number of hydrogen-bond donors (Lipinski definition) is 2. The summed E-state index contributed by atoms with van der Waals surface area (Å²) in [6, 6.07) is 14.1. The first kappa shape index (κ1) is 18.9. The number of rotatable bonds is 10. The van der Waals surface area contributed by atoms with Crippen molar-refractivity contribution in [3.05, 3.63) is 42.5 Å². The molecule has 0 radical (unpaired) electrons. The third-order valence-corrected chi connectivity index (χ3v) is 5.93. The molecule has 0 fully saturated rings. The van der Waals surface area contributed by atoms with Gasteiger partial charge in [-0.3, -0.25) is 0 Å². The van der Waals surface area contributed by atoms with E-state index in [9.17, 15) is 5.11 Å². The van der Waals surface area contributed by atoms with Gasteiger partial charge in [0.25, 0.3) is 0 Å². The normalized spacial score (nSPS) is 12.2. The minimum absolute atomic E-state index is 0.256. The molecular weight excluding hydrogens is 366 g/mol. The Morgan fingerprint density at radius 3 is 2.88 bits per heavy atom. The molecule has 0 aliphatic rings. The molecular formula is C19H23N3O2S2. The molecule has 5 nitrogen and oxygen atoms in total. The summed E-state index contributed by atoms with van der Waals surface area (Å²) >= 11 is 3.02. The number of aliphatic hydroxyl groups excluding tert-OH is 1. The highest BCUT2D eigenvalue weighted by Crippen LogP contribution is 2.26. The molecule has 0 bridgehead atoms. The molecule has 0 spiro atoms. The maximum atomic E-state index is 10.2. The van der Waals surface area contributed by atoms with E-state index in [2.05, 4.69) is 34.6 Å². The second-order valence-electron chi connectivity index (χ2n) is 5.94. The molecule has 1 heterocycles. The molecule has 0 aliphatic heterocycles. The smallest absolute Gasteiger partial charge is 0.206 e. The van der Waals surface area contributed by atoms with Crippen molar-refractivity contribution in [1.82, 2.24) is 10.2 Å². The van der Waals surface area contributed by atoms with Crippen molar-refractivity contribution in [3.63, 3.8) is 0 Å². The molecule has 0 saturated carbocycles. The molecule has 0 aliphatic carbocycles. The van der Waals surface area contributed by atoms with Gasteiger partial charge in [0.2, 0.25) is 5.13 Å². The van der Waals surface area contributed by atoms with Crippen molar-refractivity contribution >= 4 is 39.0 Å². The fourth-order valence-corrected chi connectivity index (χ4v) is 4.09. The fraction of sp³-hybridized carbons (Fsp3) is 0.368. The number of thioether (sulfide) groups is 1. The van der Waals surface area contributed by atoms with E-state index in [1.165, 1.54) is 28.5 Å². The first-order valence-electron chi connectivity index (χ1n) is 8.74. The van der Waals surface area contributed by atoms with Crippen LogP contribution in [0.15, 0.2) is 46.8 Å². The molecule has 3 aromatic rings. The van der Waals surface area contributed by atoms with Crippen LogP contribution in [0.1, 0.15) is 19.8 Å². The standard InChI is InChI=1S/C19H23N3O2S2/c1-2-3-10-20-18-21-22-19(26-18)25-13-16(23)12-24-17-9-8-14-6-4-5-7-15(14)11-17/h4-9,11,16,23H,2-3,10,12-13H2,1H3,(H,20,21). The van der Waals surface area contributed by atoms with Crippen LogP contribution in [0, 0.1) is 0 Å². The van der Waals surface area contributed by atoms with Gasteiger partial charge in [-0.15, -0.1) is 10.2 Å². The van der Waals surface area contributed by atoms with E-state index in [-0.39, 0.29) is 6.61 Å². The fourth-order valence-electron chi connectivity index (χ4n) is 2.38. The van der Waals surface area contributed by atoms with Crippen molar-refractivity contribution in [2.24, 2.45) is 0 Å². The van der Waals surface area contributed by atoms with Gasteiger partial charge in [0.05, 0.1) is 6.10 Å². The van der Waals surface area contributed by atoms with E-state index in [1.807, 2.05) is 30.3 Å². The Balaban J connectivity index is 1.43. The molecule has 0 saturated heterocycles. The average Bonchev–Trinajstić information content (AvgIpc) is 3.12. The lowest BCUT2D eigenvalue weighted by atomic mass is 10.1. The van der Waals surface area contributed by atoms with Crippen LogP contribution in [0.4, 0.5) is 5.13 Å². The van der Waals surface area contributed by atoms with Crippen LogP contribution < -0.4 is 10.1 Å². The van der Waals surface area contributed by atoms with E-state index in [0.29, 0.717) is 5.75 Å². The zero-order chi connectivity index (χ0) is 18.2. The third kappa shape index (κ3) is 5.59. The minimum Gasteiger partial charge on any atom is -0.491 e. The van der Waals surface area contributed by atoms with Gasteiger partial charge in [0.15, 0.2) is 4.34 Å². The van der Waals surface area contributed by atoms with E-state index >= 15 is 0 Å². The lowest BCUT2D eigenvalue weighted by Crippen LogP contribution is -2.20. The number of nitrogens with zero attached hydrogens (tertiary/aromatic N) is 2. The van der Waals surface area contributed by atoms with Crippen molar-refractivity contribution in [1.29, 1.82) is 0 Å². The second kappa shape index (κ2) is 9.75. The first-order valence-corrected chi connectivity index (χ1v) is 10.5. The molecule has 2 aromatic carbocycles. The molecule has 1 aromatic heterocycles. The Morgan fingerprint density at radius 1 is 1.19 bits per heavy atom. The summed E-state index contributed by atoms with van der Waals surface area (Å²) in [6.07, 6.45) is 1.70. The molecule has 7 heteroatoms. The lowest BCUT2D eigenvalue weighted by molar-refractivity contribution is 0.126. The number of aliphatic hydroxyl groups is 1. The van der Waals surface area contributed by atoms with Gasteiger partial charge in [-0.1, -0.05) is 66.8 Å². The predicted molar refractivity (Wildman–Crippen MR) is 109 cm³/mol. The first-order chi connectivity index (χ1) is 12.7. The summed E-state index contributed by atoms with van der Waals surface area (Å²) in [5.41, 5.74) is 0. The van der Waals surface area contributed by atoms with Gasteiger partial charge in [-0.05, 0) is 29.3 Å². The van der Waals surface area contributed by atoms with Crippen LogP contribution in [-0.2, 0) is 0 Å². The number of fused-ring (bicyclic) bond motifs is 1. The maximum Gasteiger partial charge on any atom is 0.206 e. The summed E-state index contributed by atoms with van der Waals surface area (Å²) < 4.78 is 6.58. The molecule has 0 amide bonds. The zero-order valence-electron chi connectivity index (χ0n) is 14.7. The monoisotopic (exact) mass is 389 g/mol. The number of benzene rings is 2. The van der Waals surface area contributed by atoms with Gasteiger partial charge in [-0.25, -0.2) is 0 Å². The number of nitrogens with one attached hydrogen (secondary N) is 1. The highest BCUT2D eigenvalue weighted by Gasteiger charge is 2.10. The third-order valence-electron chi connectivity index (χ3n) is 3.78. The van der Waals surface area contributed by atoms with Gasteiger partial charge in [-0.2, -0.15) is 0 Å². The second-order valence-corrected chi connectivity index (χ2v) is 8.18. The SMILES string of the molecule is CCCCNc1nnc(SCC(O)COc2ccc3ccccc3c2)s1. The van der Waals surface area contributed by atoms with E-state index in [4.69, 9.17) is 4.74 Å². The summed E-state index contributed by atoms with van der Waals surface area (Å²) in [4.78, 5) is 0. The van der Waals surface area contributed by atoms with Crippen LogP contribution in [0.5, 0.6) is 5.75 Å². The molecule has 26 heavy (non-hydrogen) atoms. The van der Waals surface area contributed by atoms with E-state index < -0.39 is 6.10 Å². The molecule has 3 rings (SSSR count). The summed E-state index contributed by atoms with van der Waals surface area (Å²) in [5, 5.41) is 24.8. The Morgan fingerprint density at radius 2 is 2.04 bits per heavy atom. The Hall–Kier alpha value is -1.83. The Labute approximate surface area is 161 Å². The summed E-state index contributed by atoms with van der Waals surface area (Å²) in [5.74, 6) is 1.29. The average molecular weight is 390 g/mol. The zero-order valence-corrected chi connectivity index (χ0v) is 16.4. The van der Waals surface area contributed by atoms with Gasteiger partial charge in [0, 0.05) is 12.3 Å². The van der Waals surface area contributed by atoms with Crippen LogP contribution >= 0.6 is 23.1 Å². The number of hydrogen-bond acceptors (Lipinski definition) is 7. The van der Waals surface area contributed by atoms with Crippen molar-refractivity contribution < 1.29 is 9.84 Å². The molecule has 138 valence electrons. The summed E-state index contributed by atoms with van der Waals surface area (Å²) in [7, 11) is 0. The van der Waals surface area contributed by atoms with Gasteiger partial charge >= 0.3 is 0 Å². The topological polar surface area (TPSA) is 67.3 Å². The quantitative estimate of drug-likeness (QED) is 0.395. The van der Waals surface area contributed by atoms with Crippen molar-refractivity contribution in [2.45, 2.75) is 30.2 Å². The van der Waals surface area contributed by atoms with E-state index in [0.717, 1.165) is 40.0 Å². The van der Waals surface area contributed by atoms with Gasteiger partial charge < -0.3 is 15.2 Å². The van der Waals surface area contributed by atoms with Crippen LogP contribution in [0.2, 0.25) is 0 Å². The highest BCUT2D eigenvalue weighted by molar-refractivity contribution is 8.01. The van der Waals surface area contributed by atoms with Crippen molar-refractivity contribution in [3.8, 4) is 5.75 Å². The van der Waals surface area contributed by atoms with E-state index in [1.54, 1.807) is 0 Å². The number of ether oxygens (including phenoxy) is 1. The van der Waals surface area contributed by atoms with Crippen molar-refractivity contribution in [2.75, 3.05) is 24.2 Å². The highest BCUT2D eigenvalue weighted by atomic mass is 32.2. The van der Waals surface area contributed by atoms with Crippen LogP contribution in [0.25, 0.3) is 10.8 Å².